The topological polar surface area (TPSA) is 42.2 Å². The smallest absolute Gasteiger partial charge is 0.328 e. The molecule has 0 atom stereocenters. The second-order valence-corrected chi connectivity index (χ2v) is 3.95. The minimum atomic E-state index is -0.894. The Kier molecular flexibility index (Phi) is 2.90. The number of hydrogen-bond donors (Lipinski definition) is 1. The van der Waals surface area contributed by atoms with E-state index in [9.17, 15) is 4.79 Å². The Labute approximate surface area is 89.0 Å². The lowest BCUT2D eigenvalue weighted by atomic mass is 10.2. The highest BCUT2D eigenvalue weighted by Gasteiger charge is 2.17. The molecule has 80 valence electrons. The van der Waals surface area contributed by atoms with Gasteiger partial charge in [0.1, 0.15) is 0 Å². The van der Waals surface area contributed by atoms with Crippen LogP contribution >= 0.6 is 0 Å². The largest absolute Gasteiger partial charge is 0.478 e. The summed E-state index contributed by atoms with van der Waals surface area (Å²) >= 11 is 0. The summed E-state index contributed by atoms with van der Waals surface area (Å²) in [7, 11) is 0. The summed E-state index contributed by atoms with van der Waals surface area (Å²) < 4.78 is 2.19. The molecule has 1 N–H and O–H groups in total. The second-order valence-electron chi connectivity index (χ2n) is 3.95. The highest BCUT2D eigenvalue weighted by molar-refractivity contribution is 5.84. The Morgan fingerprint density at radius 1 is 1.47 bits per heavy atom. The quantitative estimate of drug-likeness (QED) is 0.771. The molecule has 1 heterocycles. The highest BCUT2D eigenvalue weighted by Crippen LogP contribution is 2.30. The van der Waals surface area contributed by atoms with Gasteiger partial charge in [0.15, 0.2) is 0 Å². The third-order valence-electron chi connectivity index (χ3n) is 2.93. The maximum Gasteiger partial charge on any atom is 0.328 e. The molecule has 1 aromatic rings. The summed E-state index contributed by atoms with van der Waals surface area (Å²) in [5, 5.41) is 8.57. The molecule has 1 fully saturated rings. The molecule has 0 amide bonds. The van der Waals surface area contributed by atoms with Crippen LogP contribution in [0, 0.1) is 0 Å². The predicted octanol–water partition coefficient (Wildman–Crippen LogP) is 2.70. The molecule has 1 saturated carbocycles. The Bertz CT molecular complexity index is 373. The van der Waals surface area contributed by atoms with E-state index in [1.165, 1.54) is 31.8 Å². The monoisotopic (exact) mass is 205 g/mol. The zero-order valence-electron chi connectivity index (χ0n) is 8.60. The molecule has 0 saturated heterocycles. The molecule has 0 radical (unpaired) electrons. The molecule has 3 heteroatoms. The summed E-state index contributed by atoms with van der Waals surface area (Å²) in [5.74, 6) is -0.894. The molecule has 0 bridgehead atoms. The minimum Gasteiger partial charge on any atom is -0.478 e. The van der Waals surface area contributed by atoms with E-state index in [-0.39, 0.29) is 0 Å². The predicted molar refractivity (Wildman–Crippen MR) is 58.6 cm³/mol. The zero-order valence-corrected chi connectivity index (χ0v) is 8.60. The van der Waals surface area contributed by atoms with E-state index in [4.69, 9.17) is 5.11 Å². The van der Waals surface area contributed by atoms with Gasteiger partial charge in [0.25, 0.3) is 0 Å². The van der Waals surface area contributed by atoms with Crippen LogP contribution in [0.15, 0.2) is 24.4 Å². The molecule has 1 aliphatic rings. The van der Waals surface area contributed by atoms with Crippen molar-refractivity contribution in [3.05, 3.63) is 30.1 Å². The van der Waals surface area contributed by atoms with Crippen molar-refractivity contribution in [3.8, 4) is 0 Å². The van der Waals surface area contributed by atoms with Gasteiger partial charge in [-0.2, -0.15) is 0 Å². The lowest BCUT2D eigenvalue weighted by molar-refractivity contribution is -0.131. The van der Waals surface area contributed by atoms with Crippen molar-refractivity contribution < 1.29 is 9.90 Å². The van der Waals surface area contributed by atoms with Gasteiger partial charge in [-0.25, -0.2) is 4.79 Å². The van der Waals surface area contributed by atoms with Gasteiger partial charge in [-0.3, -0.25) is 0 Å². The Morgan fingerprint density at radius 3 is 2.87 bits per heavy atom. The first kappa shape index (κ1) is 10.0. The van der Waals surface area contributed by atoms with Crippen LogP contribution in [0.25, 0.3) is 6.08 Å². The normalized spacial score (nSPS) is 17.6. The van der Waals surface area contributed by atoms with Crippen molar-refractivity contribution in [1.29, 1.82) is 0 Å². The number of hydrogen-bond acceptors (Lipinski definition) is 1. The molecule has 0 aliphatic heterocycles. The van der Waals surface area contributed by atoms with Crippen molar-refractivity contribution >= 4 is 12.0 Å². The highest BCUT2D eigenvalue weighted by atomic mass is 16.4. The summed E-state index contributed by atoms with van der Waals surface area (Å²) in [5.41, 5.74) is 0.990. The summed E-state index contributed by atoms with van der Waals surface area (Å²) in [4.78, 5) is 10.4. The molecule has 0 unspecified atom stereocenters. The van der Waals surface area contributed by atoms with Gasteiger partial charge >= 0.3 is 5.97 Å². The van der Waals surface area contributed by atoms with E-state index < -0.39 is 5.97 Å². The van der Waals surface area contributed by atoms with Crippen molar-refractivity contribution in [2.24, 2.45) is 0 Å². The van der Waals surface area contributed by atoms with Gasteiger partial charge in [0, 0.05) is 24.0 Å². The molecule has 2 rings (SSSR count). The van der Waals surface area contributed by atoms with Gasteiger partial charge in [-0.15, -0.1) is 0 Å². The fourth-order valence-corrected chi connectivity index (χ4v) is 2.22. The lowest BCUT2D eigenvalue weighted by Crippen LogP contribution is -2.04. The number of carboxylic acids is 1. The Morgan fingerprint density at radius 2 is 2.20 bits per heavy atom. The number of aliphatic carboxylic acids is 1. The van der Waals surface area contributed by atoms with Crippen molar-refractivity contribution in [3.63, 3.8) is 0 Å². The average Bonchev–Trinajstić information content (AvgIpc) is 2.85. The maximum atomic E-state index is 10.4. The number of carboxylic acid groups (broad SMARTS) is 1. The number of nitrogens with zero attached hydrogens (tertiary/aromatic N) is 1. The first-order valence-corrected chi connectivity index (χ1v) is 5.35. The van der Waals surface area contributed by atoms with Crippen molar-refractivity contribution in [1.82, 2.24) is 4.57 Å². The first-order valence-electron chi connectivity index (χ1n) is 5.35. The fraction of sp³-hybridized carbons (Fsp3) is 0.417. The van der Waals surface area contributed by atoms with Crippen LogP contribution < -0.4 is 0 Å². The van der Waals surface area contributed by atoms with E-state index in [1.807, 2.05) is 18.3 Å². The van der Waals surface area contributed by atoms with Gasteiger partial charge in [0.2, 0.25) is 0 Å². The van der Waals surface area contributed by atoms with Crippen LogP contribution in [-0.2, 0) is 4.79 Å². The molecule has 0 spiro atoms. The maximum absolute atomic E-state index is 10.4. The van der Waals surface area contributed by atoms with Crippen LogP contribution in [0.5, 0.6) is 0 Å². The van der Waals surface area contributed by atoms with E-state index in [0.717, 1.165) is 5.69 Å². The number of aromatic nitrogens is 1. The van der Waals surface area contributed by atoms with Gasteiger partial charge in [-0.1, -0.05) is 12.8 Å². The third kappa shape index (κ3) is 2.29. The molecule has 1 aliphatic carbocycles. The molecular weight excluding hydrogens is 190 g/mol. The van der Waals surface area contributed by atoms with Crippen molar-refractivity contribution in [2.75, 3.05) is 0 Å². The second kappa shape index (κ2) is 4.34. The van der Waals surface area contributed by atoms with Gasteiger partial charge in [0.05, 0.1) is 0 Å². The zero-order chi connectivity index (χ0) is 10.7. The minimum absolute atomic E-state index is 0.563. The Balaban J connectivity index is 2.17. The van der Waals surface area contributed by atoms with Gasteiger partial charge in [-0.05, 0) is 31.1 Å². The molecule has 3 nitrogen and oxygen atoms in total. The van der Waals surface area contributed by atoms with Crippen LogP contribution in [0.2, 0.25) is 0 Å². The van der Waals surface area contributed by atoms with Crippen molar-refractivity contribution in [2.45, 2.75) is 31.7 Å². The van der Waals surface area contributed by atoms with E-state index in [0.29, 0.717) is 6.04 Å². The Hall–Kier alpha value is -1.51. The summed E-state index contributed by atoms with van der Waals surface area (Å²) in [6.45, 7) is 0. The van der Waals surface area contributed by atoms with E-state index >= 15 is 0 Å². The van der Waals surface area contributed by atoms with Gasteiger partial charge < -0.3 is 9.67 Å². The number of carbonyl (C=O) groups is 1. The molecule has 0 aromatic carbocycles. The SMILES string of the molecule is O=C(O)/C=C/c1cccn1C1CCCC1. The average molecular weight is 205 g/mol. The summed E-state index contributed by atoms with van der Waals surface area (Å²) in [6.07, 6.45) is 9.89. The lowest BCUT2D eigenvalue weighted by Gasteiger charge is -2.13. The summed E-state index contributed by atoms with van der Waals surface area (Å²) in [6, 6.07) is 4.49. The molecular formula is C12H15NO2. The molecule has 15 heavy (non-hydrogen) atoms. The van der Waals surface area contributed by atoms with E-state index in [1.54, 1.807) is 6.08 Å². The first-order chi connectivity index (χ1) is 7.27. The van der Waals surface area contributed by atoms with E-state index in [2.05, 4.69) is 4.57 Å². The van der Waals surface area contributed by atoms with Crippen LogP contribution in [0.3, 0.4) is 0 Å². The van der Waals surface area contributed by atoms with Crippen LogP contribution in [0.1, 0.15) is 37.4 Å². The van der Waals surface area contributed by atoms with Crippen LogP contribution in [0.4, 0.5) is 0 Å². The van der Waals surface area contributed by atoms with Crippen LogP contribution in [-0.4, -0.2) is 15.6 Å². The number of rotatable bonds is 3. The molecule has 1 aromatic heterocycles. The fourth-order valence-electron chi connectivity index (χ4n) is 2.22. The third-order valence-corrected chi connectivity index (χ3v) is 2.93. The standard InChI is InChI=1S/C12H15NO2/c14-12(15)8-7-11-6-3-9-13(11)10-4-1-2-5-10/h3,6-10H,1-2,4-5H2,(H,14,15)/b8-7+.